The number of benzene rings is 1. The second kappa shape index (κ2) is 8.28. The molecule has 3 aromatic rings. The van der Waals surface area contributed by atoms with E-state index in [1.54, 1.807) is 38.2 Å². The fourth-order valence-corrected chi connectivity index (χ4v) is 3.01. The molecule has 6 nitrogen and oxygen atoms in total. The highest BCUT2D eigenvalue weighted by atomic mass is 35.5. The number of rotatable bonds is 6. The Bertz CT molecular complexity index is 1030. The normalized spacial score (nSPS) is 12.9. The van der Waals surface area contributed by atoms with Crippen molar-refractivity contribution in [1.82, 2.24) is 20.3 Å². The number of carbonyl (C=O) groups excluding carboxylic acids is 1. The van der Waals surface area contributed by atoms with Crippen molar-refractivity contribution < 1.29 is 22.2 Å². The number of aromatic amines is 1. The average molecular weight is 432 g/mol. The molecule has 3 N–H and O–H groups in total. The highest BCUT2D eigenvalue weighted by molar-refractivity contribution is 6.31. The fourth-order valence-electron chi connectivity index (χ4n) is 2.84. The van der Waals surface area contributed by atoms with Crippen LogP contribution in [0.5, 0.6) is 0 Å². The molecule has 2 aromatic heterocycles. The van der Waals surface area contributed by atoms with Gasteiger partial charge in [-0.25, -0.2) is 9.97 Å². The maximum atomic E-state index is 12.4. The Balaban J connectivity index is 0.00000320. The third kappa shape index (κ3) is 5.17. The molecule has 0 fully saturated rings. The number of H-pyrrole nitrogens is 1. The molecular weight excluding hydrogens is 407 g/mol. The van der Waals surface area contributed by atoms with Crippen molar-refractivity contribution in [3.8, 4) is 11.4 Å². The number of alkyl halides is 3. The zero-order valence-corrected chi connectivity index (χ0v) is 16.4. The van der Waals surface area contributed by atoms with Crippen LogP contribution in [0.15, 0.2) is 36.7 Å². The van der Waals surface area contributed by atoms with Gasteiger partial charge in [0.25, 0.3) is 0 Å². The molecular formula is C19H25ClF3N5O. The molecule has 0 saturated heterocycles. The summed E-state index contributed by atoms with van der Waals surface area (Å²) in [7, 11) is 0. The summed E-state index contributed by atoms with van der Waals surface area (Å²) in [5.41, 5.74) is 1.58. The largest absolute Gasteiger partial charge is 0.405 e. The lowest BCUT2D eigenvalue weighted by Crippen LogP contribution is -2.46. The van der Waals surface area contributed by atoms with Crippen molar-refractivity contribution in [2.24, 2.45) is 5.92 Å². The summed E-state index contributed by atoms with van der Waals surface area (Å²) in [4.78, 5) is 24.0. The Morgan fingerprint density at radius 2 is 2.07 bits per heavy atom. The van der Waals surface area contributed by atoms with Crippen LogP contribution in [0.25, 0.3) is 22.3 Å². The number of aromatic nitrogens is 3. The summed E-state index contributed by atoms with van der Waals surface area (Å²) in [6.45, 7) is 2.07. The number of carbonyl (C=O) groups is 1. The Hall–Kier alpha value is -2.81. The molecule has 1 atom stereocenters. The van der Waals surface area contributed by atoms with Crippen molar-refractivity contribution in [1.29, 1.82) is 0 Å². The molecule has 0 aliphatic heterocycles. The molecule has 2 heterocycles. The second-order valence-electron chi connectivity index (χ2n) is 6.86. The molecule has 160 valence electrons. The van der Waals surface area contributed by atoms with Crippen LogP contribution in [0.3, 0.4) is 0 Å². The lowest BCUT2D eigenvalue weighted by molar-refractivity contribution is -0.139. The molecule has 0 spiro atoms. The van der Waals surface area contributed by atoms with Gasteiger partial charge in [0.15, 0.2) is 5.82 Å². The van der Waals surface area contributed by atoms with Crippen LogP contribution in [0.1, 0.15) is 18.1 Å². The number of halogens is 4. The Labute approximate surface area is 174 Å². The minimum atomic E-state index is -4.48. The number of hydrogen-bond acceptors (Lipinski definition) is 4. The van der Waals surface area contributed by atoms with Gasteiger partial charge in [-0.1, -0.05) is 25.4 Å². The van der Waals surface area contributed by atoms with Crippen LogP contribution < -0.4 is 10.6 Å². The first-order valence-corrected chi connectivity index (χ1v) is 9.23. The third-order valence-electron chi connectivity index (χ3n) is 4.26. The first kappa shape index (κ1) is 20.9. The van der Waals surface area contributed by atoms with Crippen LogP contribution in [-0.4, -0.2) is 39.6 Å². The highest BCUT2D eigenvalue weighted by Gasteiger charge is 2.30. The van der Waals surface area contributed by atoms with Crippen LogP contribution >= 0.6 is 11.6 Å². The molecule has 0 aliphatic rings. The third-order valence-corrected chi connectivity index (χ3v) is 4.49. The quantitative estimate of drug-likeness (QED) is 0.505. The zero-order valence-electron chi connectivity index (χ0n) is 15.6. The zero-order chi connectivity index (χ0) is 21.2. The van der Waals surface area contributed by atoms with E-state index in [0.717, 1.165) is 10.9 Å². The van der Waals surface area contributed by atoms with Gasteiger partial charge in [-0.05, 0) is 30.2 Å². The second-order valence-corrected chi connectivity index (χ2v) is 7.29. The van der Waals surface area contributed by atoms with Crippen LogP contribution in [0.2, 0.25) is 5.02 Å². The summed E-state index contributed by atoms with van der Waals surface area (Å²) >= 11 is 6.07. The van der Waals surface area contributed by atoms with Gasteiger partial charge in [0.2, 0.25) is 5.91 Å². The highest BCUT2D eigenvalue weighted by Crippen LogP contribution is 2.29. The average Bonchev–Trinajstić information content (AvgIpc) is 3.06. The van der Waals surface area contributed by atoms with Crippen molar-refractivity contribution in [2.45, 2.75) is 26.1 Å². The number of nitrogens with zero attached hydrogens (tertiary/aromatic N) is 2. The van der Waals surface area contributed by atoms with Gasteiger partial charge < -0.3 is 15.6 Å². The van der Waals surface area contributed by atoms with E-state index in [9.17, 15) is 18.0 Å². The van der Waals surface area contributed by atoms with Crippen LogP contribution in [-0.2, 0) is 4.79 Å². The smallest absolute Gasteiger partial charge is 0.360 e. The van der Waals surface area contributed by atoms with Gasteiger partial charge >= 0.3 is 6.18 Å². The predicted octanol–water partition coefficient (Wildman–Crippen LogP) is 5.13. The molecule has 0 unspecified atom stereocenters. The van der Waals surface area contributed by atoms with Gasteiger partial charge in [-0.15, -0.1) is 0 Å². The van der Waals surface area contributed by atoms with Gasteiger partial charge in [0, 0.05) is 38.2 Å². The van der Waals surface area contributed by atoms with E-state index in [2.05, 4.69) is 20.3 Å². The van der Waals surface area contributed by atoms with Crippen LogP contribution in [0.4, 0.5) is 19.0 Å². The topological polar surface area (TPSA) is 82.7 Å². The lowest BCUT2D eigenvalue weighted by Gasteiger charge is -2.22. The molecule has 1 aromatic carbocycles. The van der Waals surface area contributed by atoms with Crippen molar-refractivity contribution in [3.63, 3.8) is 0 Å². The van der Waals surface area contributed by atoms with E-state index in [1.165, 1.54) is 6.20 Å². The van der Waals surface area contributed by atoms with Crippen molar-refractivity contribution in [2.75, 3.05) is 11.9 Å². The Morgan fingerprint density at radius 3 is 2.76 bits per heavy atom. The number of fused-ring (bicyclic) bond motifs is 1. The fraction of sp³-hybridized carbons (Fsp3) is 0.316. The molecule has 3 rings (SSSR count). The molecule has 29 heavy (non-hydrogen) atoms. The number of anilines is 1. The summed E-state index contributed by atoms with van der Waals surface area (Å²) in [6.07, 6.45) is -1.22. The molecule has 0 aliphatic carbocycles. The Kier molecular flexibility index (Phi) is 5.97. The SMILES string of the molecule is CC(C)[C@@H](Nc1ccnc(-c2c[nH]c3ccc(Cl)cc23)n1)C(=O)NCC(F)(F)F.[HH].[HH].[HH]. The lowest BCUT2D eigenvalue weighted by atomic mass is 10.0. The van der Waals surface area contributed by atoms with Gasteiger partial charge in [0.05, 0.1) is 0 Å². The van der Waals surface area contributed by atoms with E-state index >= 15 is 0 Å². The standard InChI is InChI=1S/C19H19ClF3N5O.3H2/c1-10(2)16(18(29)26-9-19(21,22)23)27-15-5-6-24-17(28-15)13-8-25-14-4-3-11(20)7-12(13)14;;;/h3-8,10,16,25H,9H2,1-2H3,(H,26,29)(H,24,27,28);3*1H/t16-;;;/m1.../s1. The van der Waals surface area contributed by atoms with Crippen molar-refractivity contribution >= 4 is 34.2 Å². The Morgan fingerprint density at radius 1 is 1.31 bits per heavy atom. The summed E-state index contributed by atoms with van der Waals surface area (Å²) in [5, 5.41) is 6.21. The molecule has 0 saturated carbocycles. The summed E-state index contributed by atoms with van der Waals surface area (Å²) in [5.74, 6) is -0.307. The van der Waals surface area contributed by atoms with Crippen LogP contribution in [0, 0.1) is 5.92 Å². The van der Waals surface area contributed by atoms with Gasteiger partial charge in [-0.2, -0.15) is 13.2 Å². The number of hydrogen-bond donors (Lipinski definition) is 3. The summed E-state index contributed by atoms with van der Waals surface area (Å²) in [6, 6.07) is 6.04. The minimum absolute atomic E-state index is 0. The molecule has 1 amide bonds. The molecule has 0 radical (unpaired) electrons. The maximum Gasteiger partial charge on any atom is 0.405 e. The van der Waals surface area contributed by atoms with E-state index < -0.39 is 24.7 Å². The predicted molar refractivity (Wildman–Crippen MR) is 112 cm³/mol. The van der Waals surface area contributed by atoms with E-state index in [0.29, 0.717) is 22.2 Å². The summed E-state index contributed by atoms with van der Waals surface area (Å²) < 4.78 is 37.2. The molecule has 0 bridgehead atoms. The maximum absolute atomic E-state index is 12.4. The van der Waals surface area contributed by atoms with Gasteiger partial charge in [0.1, 0.15) is 18.4 Å². The first-order valence-electron chi connectivity index (χ1n) is 8.85. The number of nitrogens with one attached hydrogen (secondary N) is 3. The van der Waals surface area contributed by atoms with E-state index in [1.807, 2.05) is 11.4 Å². The first-order chi connectivity index (χ1) is 13.6. The number of amides is 1. The monoisotopic (exact) mass is 431 g/mol. The molecule has 10 heteroatoms. The minimum Gasteiger partial charge on any atom is -0.360 e. The van der Waals surface area contributed by atoms with E-state index in [-0.39, 0.29) is 10.2 Å². The van der Waals surface area contributed by atoms with E-state index in [4.69, 9.17) is 11.6 Å². The van der Waals surface area contributed by atoms with Gasteiger partial charge in [-0.3, -0.25) is 4.79 Å². The van der Waals surface area contributed by atoms with Crippen molar-refractivity contribution in [3.05, 3.63) is 41.7 Å².